The second-order valence-electron chi connectivity index (χ2n) is 10.0. The zero-order valence-electron chi connectivity index (χ0n) is 19.2. The molecule has 0 spiro atoms. The summed E-state index contributed by atoms with van der Waals surface area (Å²) in [5.74, 6) is 0.677. The maximum absolute atomic E-state index is 13.6. The van der Waals surface area contributed by atoms with Crippen molar-refractivity contribution in [1.82, 2.24) is 0 Å². The summed E-state index contributed by atoms with van der Waals surface area (Å²) in [5, 5.41) is 0. The van der Waals surface area contributed by atoms with Gasteiger partial charge in [0.25, 0.3) is 0 Å². The Hall–Kier alpha value is -1.82. The Bertz CT molecular complexity index is 896. The van der Waals surface area contributed by atoms with Crippen molar-refractivity contribution in [3.05, 3.63) is 59.7 Å². The van der Waals surface area contributed by atoms with Gasteiger partial charge in [0.2, 0.25) is 0 Å². The highest BCUT2D eigenvalue weighted by atomic mass is 19.2. The van der Waals surface area contributed by atoms with E-state index in [4.69, 9.17) is 14.2 Å². The highest BCUT2D eigenvalue weighted by Crippen LogP contribution is 2.43. The Labute approximate surface area is 195 Å². The minimum atomic E-state index is -0.804. The van der Waals surface area contributed by atoms with Crippen molar-refractivity contribution in [2.24, 2.45) is 11.8 Å². The Balaban J connectivity index is 1.05. The fourth-order valence-electron chi connectivity index (χ4n) is 5.76. The van der Waals surface area contributed by atoms with Crippen LogP contribution in [-0.2, 0) is 14.2 Å². The maximum Gasteiger partial charge on any atom is 0.159 e. The number of hydrogen-bond donors (Lipinski definition) is 0. The van der Waals surface area contributed by atoms with Crippen LogP contribution >= 0.6 is 0 Å². The molecule has 33 heavy (non-hydrogen) atoms. The summed E-state index contributed by atoms with van der Waals surface area (Å²) in [5.41, 5.74) is 3.01. The molecule has 5 rings (SSSR count). The molecule has 1 saturated heterocycles. The topological polar surface area (TPSA) is 31.0 Å². The molecule has 2 aromatic carbocycles. The molecular formula is C28H34F2O3. The Kier molecular flexibility index (Phi) is 7.39. The number of ether oxygens (including phenoxy) is 3. The van der Waals surface area contributed by atoms with Gasteiger partial charge in [-0.25, -0.2) is 8.78 Å². The molecule has 3 fully saturated rings. The molecule has 1 aliphatic heterocycles. The van der Waals surface area contributed by atoms with Crippen molar-refractivity contribution in [2.45, 2.75) is 69.5 Å². The van der Waals surface area contributed by atoms with Gasteiger partial charge in [0, 0.05) is 0 Å². The summed E-state index contributed by atoms with van der Waals surface area (Å²) < 4.78 is 43.3. The van der Waals surface area contributed by atoms with Crippen molar-refractivity contribution < 1.29 is 23.0 Å². The largest absolute Gasteiger partial charge is 0.371 e. The van der Waals surface area contributed by atoms with Crippen molar-refractivity contribution >= 4 is 0 Å². The first-order chi connectivity index (χ1) is 16.2. The Morgan fingerprint density at radius 1 is 0.758 bits per heavy atom. The summed E-state index contributed by atoms with van der Waals surface area (Å²) in [7, 11) is 0. The van der Waals surface area contributed by atoms with E-state index in [1.54, 1.807) is 6.07 Å². The van der Waals surface area contributed by atoms with Crippen LogP contribution in [0.25, 0.3) is 11.1 Å². The third kappa shape index (κ3) is 6.00. The number of hydrogen-bond acceptors (Lipinski definition) is 3. The number of epoxide rings is 1. The summed E-state index contributed by atoms with van der Waals surface area (Å²) in [6.07, 6.45) is 10.6. The monoisotopic (exact) mass is 456 g/mol. The Morgan fingerprint density at radius 2 is 1.39 bits per heavy atom. The number of halogens is 2. The first-order valence-corrected chi connectivity index (χ1v) is 12.5. The standard InChI is InChI=1S/C28H34F2O3/c29-27-14-11-24(15-28(27)30)23-7-5-20(6-8-23)19-1-3-21(4-2-19)22-9-12-25(13-10-22)33-18-31-16-26-17-32-26/h5-8,11,14-15,19,21-22,25-26H,1-4,9-10,12-13,16-18H2. The minimum Gasteiger partial charge on any atom is -0.371 e. The molecule has 2 aliphatic carbocycles. The first kappa shape index (κ1) is 22.9. The second kappa shape index (κ2) is 10.6. The van der Waals surface area contributed by atoms with Crippen LogP contribution in [0.15, 0.2) is 42.5 Å². The molecule has 2 aromatic rings. The third-order valence-electron chi connectivity index (χ3n) is 7.89. The van der Waals surface area contributed by atoms with Gasteiger partial charge >= 0.3 is 0 Å². The molecule has 1 heterocycles. The molecule has 178 valence electrons. The lowest BCUT2D eigenvalue weighted by Gasteiger charge is -2.38. The predicted molar refractivity (Wildman–Crippen MR) is 124 cm³/mol. The smallest absolute Gasteiger partial charge is 0.159 e. The second-order valence-corrected chi connectivity index (χ2v) is 10.0. The van der Waals surface area contributed by atoms with E-state index >= 15 is 0 Å². The van der Waals surface area contributed by atoms with Crippen molar-refractivity contribution in [2.75, 3.05) is 20.0 Å². The summed E-state index contributed by atoms with van der Waals surface area (Å²) >= 11 is 0. The van der Waals surface area contributed by atoms with Gasteiger partial charge < -0.3 is 14.2 Å². The molecule has 2 saturated carbocycles. The molecule has 3 aliphatic rings. The predicted octanol–water partition coefficient (Wildman–Crippen LogP) is 6.85. The van der Waals surface area contributed by atoms with E-state index in [0.29, 0.717) is 37.1 Å². The van der Waals surface area contributed by atoms with Gasteiger partial charge in [-0.3, -0.25) is 0 Å². The molecular weight excluding hydrogens is 422 g/mol. The average Bonchev–Trinajstić information content (AvgIpc) is 3.69. The molecule has 0 radical (unpaired) electrons. The third-order valence-corrected chi connectivity index (χ3v) is 7.89. The zero-order valence-corrected chi connectivity index (χ0v) is 19.2. The van der Waals surface area contributed by atoms with Gasteiger partial charge in [-0.15, -0.1) is 0 Å². The summed E-state index contributed by atoms with van der Waals surface area (Å²) in [6, 6.07) is 12.5. The fourth-order valence-corrected chi connectivity index (χ4v) is 5.76. The van der Waals surface area contributed by atoms with Crippen LogP contribution < -0.4 is 0 Å². The SMILES string of the molecule is Fc1ccc(-c2ccc(C3CCC(C4CCC(OCOCC5CO5)CC4)CC3)cc2)cc1F. The summed E-state index contributed by atoms with van der Waals surface area (Å²) in [4.78, 5) is 0. The normalized spacial score (nSPS) is 29.7. The van der Waals surface area contributed by atoms with E-state index in [2.05, 4.69) is 12.1 Å². The molecule has 0 amide bonds. The maximum atomic E-state index is 13.6. The van der Waals surface area contributed by atoms with Gasteiger partial charge in [0.05, 0.1) is 19.3 Å². The lowest BCUT2D eigenvalue weighted by atomic mass is 9.69. The van der Waals surface area contributed by atoms with E-state index in [0.717, 1.165) is 36.8 Å². The van der Waals surface area contributed by atoms with Crippen LogP contribution in [-0.4, -0.2) is 32.2 Å². The zero-order chi connectivity index (χ0) is 22.6. The lowest BCUT2D eigenvalue weighted by molar-refractivity contribution is -0.106. The molecule has 1 atom stereocenters. The van der Waals surface area contributed by atoms with Crippen LogP contribution in [0.3, 0.4) is 0 Å². The van der Waals surface area contributed by atoms with Gasteiger partial charge in [-0.05, 0) is 97.9 Å². The lowest BCUT2D eigenvalue weighted by Crippen LogP contribution is -2.28. The van der Waals surface area contributed by atoms with Gasteiger partial charge in [-0.1, -0.05) is 30.3 Å². The van der Waals surface area contributed by atoms with E-state index in [1.807, 2.05) is 12.1 Å². The van der Waals surface area contributed by atoms with Crippen molar-refractivity contribution in [3.8, 4) is 11.1 Å². The Morgan fingerprint density at radius 3 is 2.03 bits per heavy atom. The first-order valence-electron chi connectivity index (χ1n) is 12.5. The van der Waals surface area contributed by atoms with Gasteiger partial charge in [0.1, 0.15) is 12.9 Å². The highest BCUT2D eigenvalue weighted by molar-refractivity contribution is 5.63. The van der Waals surface area contributed by atoms with E-state index in [-0.39, 0.29) is 0 Å². The highest BCUT2D eigenvalue weighted by Gasteiger charge is 2.31. The summed E-state index contributed by atoms with van der Waals surface area (Å²) in [6.45, 7) is 1.89. The van der Waals surface area contributed by atoms with Crippen LogP contribution in [0.2, 0.25) is 0 Å². The van der Waals surface area contributed by atoms with E-state index < -0.39 is 11.6 Å². The van der Waals surface area contributed by atoms with Gasteiger partial charge in [0.15, 0.2) is 11.6 Å². The van der Waals surface area contributed by atoms with E-state index in [9.17, 15) is 8.78 Å². The molecule has 0 N–H and O–H groups in total. The molecule has 5 heteroatoms. The average molecular weight is 457 g/mol. The molecule has 0 bridgehead atoms. The van der Waals surface area contributed by atoms with Crippen LogP contribution in [0.5, 0.6) is 0 Å². The number of rotatable bonds is 8. The van der Waals surface area contributed by atoms with Crippen LogP contribution in [0.1, 0.15) is 62.8 Å². The quantitative estimate of drug-likeness (QED) is 0.247. The molecule has 3 nitrogen and oxygen atoms in total. The van der Waals surface area contributed by atoms with E-state index in [1.165, 1.54) is 56.2 Å². The molecule has 1 unspecified atom stereocenters. The van der Waals surface area contributed by atoms with Crippen LogP contribution in [0.4, 0.5) is 8.78 Å². The number of benzene rings is 2. The van der Waals surface area contributed by atoms with Gasteiger partial charge in [-0.2, -0.15) is 0 Å². The van der Waals surface area contributed by atoms with Crippen molar-refractivity contribution in [1.29, 1.82) is 0 Å². The van der Waals surface area contributed by atoms with Crippen molar-refractivity contribution in [3.63, 3.8) is 0 Å². The minimum absolute atomic E-state index is 0.303. The molecule has 0 aromatic heterocycles. The van der Waals surface area contributed by atoms with Crippen LogP contribution in [0, 0.1) is 23.5 Å². The fraction of sp³-hybridized carbons (Fsp3) is 0.571.